The van der Waals surface area contributed by atoms with Crippen LogP contribution in [-0.4, -0.2) is 65.5 Å². The monoisotopic (exact) mass is 355 g/mol. The van der Waals surface area contributed by atoms with Gasteiger partial charge in [-0.3, -0.25) is 9.59 Å². The van der Waals surface area contributed by atoms with E-state index in [1.54, 1.807) is 5.51 Å². The highest BCUT2D eigenvalue weighted by molar-refractivity contribution is 7.12. The van der Waals surface area contributed by atoms with Crippen LogP contribution in [0.15, 0.2) is 5.51 Å². The number of rotatable bonds is 2. The first kappa shape index (κ1) is 15.4. The SMILES string of the molecule is O=C(C1CCOC1)N1CC2CC(C1)N(C(=O)c1scnc1Cl)C2. The van der Waals surface area contributed by atoms with Crippen LogP contribution in [-0.2, 0) is 9.53 Å². The first-order valence-electron chi connectivity index (χ1n) is 7.90. The minimum Gasteiger partial charge on any atom is -0.381 e. The number of fused-ring (bicyclic) bond motifs is 2. The van der Waals surface area contributed by atoms with E-state index in [2.05, 4.69) is 4.98 Å². The molecule has 3 aliphatic heterocycles. The van der Waals surface area contributed by atoms with Gasteiger partial charge in [0.05, 0.1) is 24.1 Å². The Labute approximate surface area is 143 Å². The van der Waals surface area contributed by atoms with Crippen molar-refractivity contribution in [3.63, 3.8) is 0 Å². The van der Waals surface area contributed by atoms with E-state index in [9.17, 15) is 9.59 Å². The first-order chi connectivity index (χ1) is 11.1. The van der Waals surface area contributed by atoms with Gasteiger partial charge in [0.25, 0.3) is 5.91 Å². The van der Waals surface area contributed by atoms with Gasteiger partial charge >= 0.3 is 0 Å². The minimum atomic E-state index is -0.0523. The van der Waals surface area contributed by atoms with Crippen LogP contribution in [0, 0.1) is 11.8 Å². The molecule has 0 aliphatic carbocycles. The molecule has 0 aromatic carbocycles. The molecular formula is C15H18ClN3O3S. The number of carbonyl (C=O) groups excluding carboxylic acids is 2. The summed E-state index contributed by atoms with van der Waals surface area (Å²) < 4.78 is 5.33. The van der Waals surface area contributed by atoms with Gasteiger partial charge in [0.1, 0.15) is 4.88 Å². The maximum absolute atomic E-state index is 12.7. The number of aromatic nitrogens is 1. The van der Waals surface area contributed by atoms with E-state index in [0.29, 0.717) is 37.1 Å². The number of carbonyl (C=O) groups is 2. The fourth-order valence-electron chi connectivity index (χ4n) is 3.88. The molecule has 1 aromatic rings. The third-order valence-corrected chi connectivity index (χ3v) is 6.19. The van der Waals surface area contributed by atoms with Crippen LogP contribution < -0.4 is 0 Å². The highest BCUT2D eigenvalue weighted by Crippen LogP contribution is 2.33. The Balaban J connectivity index is 1.47. The average molecular weight is 356 g/mol. The number of hydrogen-bond donors (Lipinski definition) is 0. The molecule has 0 spiro atoms. The van der Waals surface area contributed by atoms with Crippen LogP contribution in [0.4, 0.5) is 0 Å². The predicted octanol–water partition coefficient (Wildman–Crippen LogP) is 1.51. The van der Waals surface area contributed by atoms with Gasteiger partial charge in [-0.2, -0.15) is 0 Å². The molecule has 23 heavy (non-hydrogen) atoms. The van der Waals surface area contributed by atoms with Gasteiger partial charge in [-0.1, -0.05) is 11.6 Å². The summed E-state index contributed by atoms with van der Waals surface area (Å²) in [6.07, 6.45) is 1.77. The Morgan fingerprint density at radius 3 is 2.91 bits per heavy atom. The number of halogens is 1. The van der Waals surface area contributed by atoms with Crippen molar-refractivity contribution < 1.29 is 14.3 Å². The molecule has 0 radical (unpaired) electrons. The lowest BCUT2D eigenvalue weighted by atomic mass is 9.97. The average Bonchev–Trinajstić information content (AvgIpc) is 3.26. The molecule has 6 nitrogen and oxygen atoms in total. The molecule has 3 saturated heterocycles. The zero-order chi connectivity index (χ0) is 16.0. The molecule has 2 bridgehead atoms. The minimum absolute atomic E-state index is 0.00686. The van der Waals surface area contributed by atoms with E-state index >= 15 is 0 Å². The Kier molecular flexibility index (Phi) is 4.03. The van der Waals surface area contributed by atoms with E-state index in [1.165, 1.54) is 11.3 Å². The highest BCUT2D eigenvalue weighted by Gasteiger charge is 2.44. The summed E-state index contributed by atoms with van der Waals surface area (Å²) >= 11 is 7.27. The maximum atomic E-state index is 12.7. The molecule has 1 aromatic heterocycles. The third-order valence-electron chi connectivity index (χ3n) is 4.98. The number of thiazole rings is 1. The second-order valence-corrected chi connectivity index (χ2v) is 7.70. The van der Waals surface area contributed by atoms with Crippen molar-refractivity contribution in [2.45, 2.75) is 18.9 Å². The van der Waals surface area contributed by atoms with Crippen molar-refractivity contribution in [1.29, 1.82) is 0 Å². The summed E-state index contributed by atoms with van der Waals surface area (Å²) in [7, 11) is 0. The number of piperidine rings is 1. The van der Waals surface area contributed by atoms with Gasteiger partial charge in [-0.25, -0.2) is 4.98 Å². The van der Waals surface area contributed by atoms with Gasteiger partial charge in [0, 0.05) is 26.2 Å². The fourth-order valence-corrected chi connectivity index (χ4v) is 4.83. The van der Waals surface area contributed by atoms with Crippen LogP contribution in [0.1, 0.15) is 22.5 Å². The smallest absolute Gasteiger partial charge is 0.267 e. The number of hydrogen-bond acceptors (Lipinski definition) is 5. The second kappa shape index (κ2) is 6.03. The van der Waals surface area contributed by atoms with Crippen LogP contribution in [0.5, 0.6) is 0 Å². The van der Waals surface area contributed by atoms with Crippen LogP contribution in [0.3, 0.4) is 0 Å². The molecule has 3 fully saturated rings. The molecular weight excluding hydrogens is 338 g/mol. The Bertz CT molecular complexity index is 631. The predicted molar refractivity (Wildman–Crippen MR) is 85.6 cm³/mol. The van der Waals surface area contributed by atoms with Gasteiger partial charge < -0.3 is 14.5 Å². The third kappa shape index (κ3) is 2.75. The Hall–Kier alpha value is -1.18. The Morgan fingerprint density at radius 2 is 2.22 bits per heavy atom. The molecule has 3 atom stereocenters. The van der Waals surface area contributed by atoms with Gasteiger partial charge in [0.2, 0.25) is 5.91 Å². The summed E-state index contributed by atoms with van der Waals surface area (Å²) in [5, 5.41) is 0.275. The molecule has 4 rings (SSSR count). The van der Waals surface area contributed by atoms with Crippen molar-refractivity contribution in [2.75, 3.05) is 32.8 Å². The maximum Gasteiger partial charge on any atom is 0.267 e. The largest absolute Gasteiger partial charge is 0.381 e. The van der Waals surface area contributed by atoms with Crippen molar-refractivity contribution >= 4 is 34.8 Å². The zero-order valence-corrected chi connectivity index (χ0v) is 14.2. The van der Waals surface area contributed by atoms with Crippen molar-refractivity contribution in [3.05, 3.63) is 15.5 Å². The van der Waals surface area contributed by atoms with E-state index in [1.807, 2.05) is 9.80 Å². The lowest BCUT2D eigenvalue weighted by Gasteiger charge is -2.34. The van der Waals surface area contributed by atoms with Crippen molar-refractivity contribution in [1.82, 2.24) is 14.8 Å². The quantitative estimate of drug-likeness (QED) is 0.806. The summed E-state index contributed by atoms with van der Waals surface area (Å²) in [5.41, 5.74) is 1.59. The number of likely N-dealkylation sites (tertiary alicyclic amines) is 2. The molecule has 8 heteroatoms. The standard InChI is InChI=1S/C15H18ClN3O3S/c16-13-12(23-8-17-13)15(21)19-5-9-3-11(19)6-18(4-9)14(20)10-1-2-22-7-10/h8-11H,1-7H2. The van der Waals surface area contributed by atoms with Gasteiger partial charge in [-0.15, -0.1) is 11.3 Å². The highest BCUT2D eigenvalue weighted by atomic mass is 35.5. The topological polar surface area (TPSA) is 62.7 Å². The molecule has 0 N–H and O–H groups in total. The molecule has 2 amide bonds. The zero-order valence-electron chi connectivity index (χ0n) is 12.6. The first-order valence-corrected chi connectivity index (χ1v) is 9.15. The molecule has 124 valence electrons. The molecule has 4 heterocycles. The van der Waals surface area contributed by atoms with Gasteiger partial charge in [-0.05, 0) is 18.8 Å². The summed E-state index contributed by atoms with van der Waals surface area (Å²) in [6, 6.07) is 0.0886. The Morgan fingerprint density at radius 1 is 1.35 bits per heavy atom. The number of nitrogens with zero attached hydrogens (tertiary/aromatic N) is 3. The summed E-state index contributed by atoms with van der Waals surface area (Å²) in [6.45, 7) is 3.26. The second-order valence-electron chi connectivity index (χ2n) is 6.49. The molecule has 0 saturated carbocycles. The number of ether oxygens (including phenoxy) is 1. The van der Waals surface area contributed by atoms with Crippen molar-refractivity contribution in [3.8, 4) is 0 Å². The van der Waals surface area contributed by atoms with Gasteiger partial charge in [0.15, 0.2) is 5.15 Å². The lowest BCUT2D eigenvalue weighted by Crippen LogP contribution is -2.48. The van der Waals surface area contributed by atoms with Crippen LogP contribution in [0.2, 0.25) is 5.15 Å². The van der Waals surface area contributed by atoms with E-state index in [4.69, 9.17) is 16.3 Å². The van der Waals surface area contributed by atoms with E-state index < -0.39 is 0 Å². The fraction of sp³-hybridized carbons (Fsp3) is 0.667. The normalized spacial score (nSPS) is 30.0. The van der Waals surface area contributed by atoms with Crippen LogP contribution in [0.25, 0.3) is 0 Å². The van der Waals surface area contributed by atoms with Crippen molar-refractivity contribution in [2.24, 2.45) is 11.8 Å². The molecule has 3 unspecified atom stereocenters. The summed E-state index contributed by atoms with van der Waals surface area (Å²) in [5.74, 6) is 0.481. The van der Waals surface area contributed by atoms with E-state index in [-0.39, 0.29) is 28.9 Å². The lowest BCUT2D eigenvalue weighted by molar-refractivity contribution is -0.137. The summed E-state index contributed by atoms with van der Waals surface area (Å²) in [4.78, 5) is 33.5. The van der Waals surface area contributed by atoms with Crippen LogP contribution >= 0.6 is 22.9 Å². The van der Waals surface area contributed by atoms with E-state index in [0.717, 1.165) is 19.4 Å². The molecule has 3 aliphatic rings. The number of amides is 2.